The van der Waals surface area contributed by atoms with Crippen LogP contribution in [0.2, 0.25) is 0 Å². The average molecular weight is 360 g/mol. The Labute approximate surface area is 147 Å². The maximum atomic E-state index is 13.0. The topological polar surface area (TPSA) is 76.6 Å². The second kappa shape index (κ2) is 7.33. The van der Waals surface area contributed by atoms with E-state index in [2.05, 4.69) is 4.98 Å². The fourth-order valence-corrected chi connectivity index (χ4v) is 4.74. The lowest BCUT2D eigenvalue weighted by Gasteiger charge is -2.24. The molecule has 0 N–H and O–H groups in total. The highest BCUT2D eigenvalue weighted by molar-refractivity contribution is 7.89. The summed E-state index contributed by atoms with van der Waals surface area (Å²) >= 11 is 0. The van der Waals surface area contributed by atoms with Gasteiger partial charge >= 0.3 is 5.97 Å². The molecule has 0 radical (unpaired) electrons. The van der Waals surface area contributed by atoms with Crippen molar-refractivity contribution in [1.82, 2.24) is 9.29 Å². The maximum Gasteiger partial charge on any atom is 0.338 e. The van der Waals surface area contributed by atoms with E-state index < -0.39 is 16.0 Å². The van der Waals surface area contributed by atoms with Gasteiger partial charge in [-0.15, -0.1) is 0 Å². The molecule has 1 aliphatic rings. The van der Waals surface area contributed by atoms with Gasteiger partial charge in [0.1, 0.15) is 0 Å². The lowest BCUT2D eigenvalue weighted by molar-refractivity contribution is 0.0526. The van der Waals surface area contributed by atoms with Crippen molar-refractivity contribution in [3.05, 3.63) is 59.9 Å². The summed E-state index contributed by atoms with van der Waals surface area (Å²) < 4.78 is 32.5. The van der Waals surface area contributed by atoms with Crippen LogP contribution in [0.15, 0.2) is 53.7 Å². The molecule has 1 saturated heterocycles. The van der Waals surface area contributed by atoms with Crippen LogP contribution < -0.4 is 0 Å². The first-order valence-electron chi connectivity index (χ1n) is 8.23. The minimum absolute atomic E-state index is 0.182. The molecule has 1 aromatic carbocycles. The van der Waals surface area contributed by atoms with Crippen LogP contribution in [0, 0.1) is 0 Å². The van der Waals surface area contributed by atoms with Crippen LogP contribution in [-0.2, 0) is 14.8 Å². The fourth-order valence-electron chi connectivity index (χ4n) is 3.06. The second-order valence-corrected chi connectivity index (χ2v) is 7.69. The summed E-state index contributed by atoms with van der Waals surface area (Å²) in [5.74, 6) is -0.456. The first-order chi connectivity index (χ1) is 12.0. The zero-order chi connectivity index (χ0) is 17.9. The van der Waals surface area contributed by atoms with Crippen molar-refractivity contribution in [2.45, 2.75) is 30.7 Å². The highest BCUT2D eigenvalue weighted by Gasteiger charge is 2.36. The molecular weight excluding hydrogens is 340 g/mol. The number of sulfonamides is 1. The molecule has 132 valence electrons. The zero-order valence-electron chi connectivity index (χ0n) is 14.0. The molecule has 1 fully saturated rings. The molecule has 2 heterocycles. The van der Waals surface area contributed by atoms with Crippen LogP contribution in [0.5, 0.6) is 0 Å². The maximum absolute atomic E-state index is 13.0. The van der Waals surface area contributed by atoms with E-state index >= 15 is 0 Å². The summed E-state index contributed by atoms with van der Waals surface area (Å²) in [6.07, 6.45) is 4.94. The highest BCUT2D eigenvalue weighted by Crippen LogP contribution is 2.36. The van der Waals surface area contributed by atoms with Crippen LogP contribution in [0.4, 0.5) is 0 Å². The Morgan fingerprint density at radius 1 is 1.20 bits per heavy atom. The molecule has 0 amide bonds. The molecule has 0 saturated carbocycles. The minimum atomic E-state index is -3.63. The van der Waals surface area contributed by atoms with Gasteiger partial charge in [-0.1, -0.05) is 0 Å². The third-order valence-corrected chi connectivity index (χ3v) is 6.19. The summed E-state index contributed by atoms with van der Waals surface area (Å²) in [6, 6.07) is 9.42. The summed E-state index contributed by atoms with van der Waals surface area (Å²) in [6.45, 7) is 2.48. The number of hydrogen-bond acceptors (Lipinski definition) is 5. The molecule has 1 atom stereocenters. The van der Waals surface area contributed by atoms with Crippen molar-refractivity contribution < 1.29 is 17.9 Å². The minimum Gasteiger partial charge on any atom is -0.462 e. The van der Waals surface area contributed by atoms with Crippen LogP contribution in [-0.4, -0.2) is 36.8 Å². The molecule has 2 aromatic rings. The van der Waals surface area contributed by atoms with E-state index in [0.29, 0.717) is 12.1 Å². The molecule has 0 aliphatic carbocycles. The molecule has 6 nitrogen and oxygen atoms in total. The Morgan fingerprint density at radius 2 is 1.88 bits per heavy atom. The van der Waals surface area contributed by atoms with E-state index in [9.17, 15) is 13.2 Å². The predicted octanol–water partition coefficient (Wildman–Crippen LogP) is 2.78. The number of ether oxygens (including phenoxy) is 1. The van der Waals surface area contributed by atoms with Crippen molar-refractivity contribution in [3.63, 3.8) is 0 Å². The molecule has 0 spiro atoms. The van der Waals surface area contributed by atoms with Gasteiger partial charge < -0.3 is 4.74 Å². The van der Waals surface area contributed by atoms with Gasteiger partial charge in [0.2, 0.25) is 10.0 Å². The Morgan fingerprint density at radius 3 is 2.52 bits per heavy atom. The van der Waals surface area contributed by atoms with E-state index in [1.54, 1.807) is 19.3 Å². The van der Waals surface area contributed by atoms with Gasteiger partial charge in [-0.3, -0.25) is 4.98 Å². The van der Waals surface area contributed by atoms with Gasteiger partial charge in [0.15, 0.2) is 0 Å². The van der Waals surface area contributed by atoms with E-state index in [0.717, 1.165) is 18.4 Å². The summed E-state index contributed by atoms with van der Waals surface area (Å²) in [5, 5.41) is 0. The van der Waals surface area contributed by atoms with Crippen LogP contribution in [0.3, 0.4) is 0 Å². The molecule has 25 heavy (non-hydrogen) atoms. The Bertz CT molecular complexity index is 835. The van der Waals surface area contributed by atoms with Crippen LogP contribution in [0.1, 0.15) is 41.7 Å². The average Bonchev–Trinajstić information content (AvgIpc) is 3.13. The Hall–Kier alpha value is -2.25. The van der Waals surface area contributed by atoms with Crippen molar-refractivity contribution in [2.24, 2.45) is 0 Å². The van der Waals surface area contributed by atoms with Crippen LogP contribution >= 0.6 is 0 Å². The van der Waals surface area contributed by atoms with Crippen molar-refractivity contribution >= 4 is 16.0 Å². The van der Waals surface area contributed by atoms with Crippen molar-refractivity contribution in [1.29, 1.82) is 0 Å². The SMILES string of the molecule is CCOC(=O)c1ccc(S(=O)(=O)N2CCC[C@@H]2c2ccncc2)cc1. The number of esters is 1. The quantitative estimate of drug-likeness (QED) is 0.766. The van der Waals surface area contributed by atoms with Gasteiger partial charge in [-0.2, -0.15) is 4.31 Å². The number of hydrogen-bond donors (Lipinski definition) is 0. The molecule has 0 bridgehead atoms. The normalized spacial score (nSPS) is 18.2. The van der Waals surface area contributed by atoms with Gasteiger partial charge in [-0.05, 0) is 61.7 Å². The molecule has 1 aliphatic heterocycles. The number of rotatable bonds is 5. The standard InChI is InChI=1S/C18H20N2O4S/c1-2-24-18(21)15-5-7-16(8-6-15)25(22,23)20-13-3-4-17(20)14-9-11-19-12-10-14/h5-12,17H,2-4,13H2,1H3/t17-/m1/s1. The molecule has 1 aromatic heterocycles. The zero-order valence-corrected chi connectivity index (χ0v) is 14.8. The fraction of sp³-hybridized carbons (Fsp3) is 0.333. The Balaban J connectivity index is 1.87. The molecule has 7 heteroatoms. The van der Waals surface area contributed by atoms with E-state index in [1.165, 1.54) is 28.6 Å². The lowest BCUT2D eigenvalue weighted by Crippen LogP contribution is -2.30. The summed E-state index contributed by atoms with van der Waals surface area (Å²) in [5.41, 5.74) is 1.28. The number of pyridine rings is 1. The highest BCUT2D eigenvalue weighted by atomic mass is 32.2. The van der Waals surface area contributed by atoms with E-state index in [1.807, 2.05) is 12.1 Å². The van der Waals surface area contributed by atoms with Gasteiger partial charge in [-0.25, -0.2) is 13.2 Å². The number of benzene rings is 1. The van der Waals surface area contributed by atoms with Crippen molar-refractivity contribution in [2.75, 3.05) is 13.2 Å². The van der Waals surface area contributed by atoms with E-state index in [-0.39, 0.29) is 17.5 Å². The van der Waals surface area contributed by atoms with Gasteiger partial charge in [0, 0.05) is 18.9 Å². The summed E-state index contributed by atoms with van der Waals surface area (Å²) in [4.78, 5) is 15.9. The predicted molar refractivity (Wildman–Crippen MR) is 92.5 cm³/mol. The molecular formula is C18H20N2O4S. The van der Waals surface area contributed by atoms with Gasteiger partial charge in [0.05, 0.1) is 23.1 Å². The number of aromatic nitrogens is 1. The number of carbonyl (C=O) groups excluding carboxylic acids is 1. The first-order valence-corrected chi connectivity index (χ1v) is 9.67. The first kappa shape index (κ1) is 17.6. The third kappa shape index (κ3) is 3.57. The van der Waals surface area contributed by atoms with Crippen molar-refractivity contribution in [3.8, 4) is 0 Å². The Kier molecular flexibility index (Phi) is 5.15. The number of carbonyl (C=O) groups is 1. The molecule has 0 unspecified atom stereocenters. The lowest BCUT2D eigenvalue weighted by atomic mass is 10.1. The largest absolute Gasteiger partial charge is 0.462 e. The summed E-state index contributed by atoms with van der Waals surface area (Å²) in [7, 11) is -3.63. The number of nitrogens with zero attached hydrogens (tertiary/aromatic N) is 2. The monoisotopic (exact) mass is 360 g/mol. The smallest absolute Gasteiger partial charge is 0.338 e. The van der Waals surface area contributed by atoms with Crippen LogP contribution in [0.25, 0.3) is 0 Å². The second-order valence-electron chi connectivity index (χ2n) is 5.80. The van der Waals surface area contributed by atoms with Gasteiger partial charge in [0.25, 0.3) is 0 Å². The molecule has 3 rings (SSSR count). The van der Waals surface area contributed by atoms with E-state index in [4.69, 9.17) is 4.74 Å². The third-order valence-electron chi connectivity index (χ3n) is 4.27.